The van der Waals surface area contributed by atoms with Gasteiger partial charge >= 0.3 is 0 Å². The Morgan fingerprint density at radius 3 is 2.95 bits per heavy atom. The Kier molecular flexibility index (Phi) is 3.23. The molecule has 1 aromatic carbocycles. The lowest BCUT2D eigenvalue weighted by molar-refractivity contribution is 0.274. The van der Waals surface area contributed by atoms with Crippen LogP contribution >= 0.6 is 0 Å². The van der Waals surface area contributed by atoms with Crippen LogP contribution in [0.25, 0.3) is 0 Å². The summed E-state index contributed by atoms with van der Waals surface area (Å²) in [6, 6.07) is 8.20. The zero-order chi connectivity index (χ0) is 14.1. The van der Waals surface area contributed by atoms with Gasteiger partial charge in [-0.15, -0.1) is 5.10 Å². The minimum atomic E-state index is 0.249. The normalized spacial score (nSPS) is 21.7. The number of hydrogen-bond acceptors (Lipinski definition) is 5. The number of para-hydroxylation sites is 1. The summed E-state index contributed by atoms with van der Waals surface area (Å²) >= 11 is 0. The molecule has 1 aromatic heterocycles. The number of fused-ring (bicyclic) bond motifs is 1. The van der Waals surface area contributed by atoms with Gasteiger partial charge in [0.15, 0.2) is 0 Å². The zero-order valence-electron chi connectivity index (χ0n) is 11.9. The summed E-state index contributed by atoms with van der Waals surface area (Å²) in [5, 5.41) is 10.9. The third-order valence-corrected chi connectivity index (χ3v) is 4.18. The number of hydrogen-bond donors (Lipinski definition) is 2. The van der Waals surface area contributed by atoms with Gasteiger partial charge in [-0.05, 0) is 12.5 Å². The van der Waals surface area contributed by atoms with Gasteiger partial charge in [0.2, 0.25) is 5.95 Å². The van der Waals surface area contributed by atoms with Crippen molar-refractivity contribution in [2.24, 2.45) is 0 Å². The highest BCUT2D eigenvalue weighted by Crippen LogP contribution is 2.36. The van der Waals surface area contributed by atoms with Gasteiger partial charge in [-0.25, -0.2) is 0 Å². The van der Waals surface area contributed by atoms with E-state index in [-0.39, 0.29) is 5.92 Å². The van der Waals surface area contributed by atoms with E-state index in [9.17, 15) is 0 Å². The van der Waals surface area contributed by atoms with E-state index in [1.807, 2.05) is 18.2 Å². The van der Waals surface area contributed by atoms with E-state index in [4.69, 9.17) is 9.72 Å². The van der Waals surface area contributed by atoms with Crippen LogP contribution < -0.4 is 15.0 Å². The summed E-state index contributed by atoms with van der Waals surface area (Å²) in [6.07, 6.45) is 0.938. The van der Waals surface area contributed by atoms with Crippen molar-refractivity contribution >= 4 is 5.95 Å². The number of nitrogens with zero attached hydrogens (tertiary/aromatic N) is 3. The Balaban J connectivity index is 1.61. The topological polar surface area (TPSA) is 66.1 Å². The molecular formula is C15H19N5O. The van der Waals surface area contributed by atoms with Crippen LogP contribution in [0.3, 0.4) is 0 Å². The first-order valence-electron chi connectivity index (χ1n) is 7.51. The fraction of sp³-hybridized carbons (Fsp3) is 0.467. The molecular weight excluding hydrogens is 266 g/mol. The van der Waals surface area contributed by atoms with Crippen LogP contribution in [0.15, 0.2) is 24.3 Å². The van der Waals surface area contributed by atoms with Gasteiger partial charge in [0.25, 0.3) is 0 Å². The fourth-order valence-electron chi connectivity index (χ4n) is 3.05. The average molecular weight is 285 g/mol. The Morgan fingerprint density at radius 1 is 1.19 bits per heavy atom. The molecule has 0 saturated carbocycles. The highest BCUT2D eigenvalue weighted by molar-refractivity contribution is 5.42. The second kappa shape index (κ2) is 5.37. The highest BCUT2D eigenvalue weighted by atomic mass is 16.5. The predicted molar refractivity (Wildman–Crippen MR) is 79.9 cm³/mol. The minimum Gasteiger partial charge on any atom is -0.493 e. The van der Waals surface area contributed by atoms with Crippen molar-refractivity contribution in [1.82, 2.24) is 20.5 Å². The van der Waals surface area contributed by atoms with E-state index in [1.165, 1.54) is 5.56 Å². The maximum absolute atomic E-state index is 5.72. The maximum atomic E-state index is 5.72. The maximum Gasteiger partial charge on any atom is 0.244 e. The van der Waals surface area contributed by atoms with Crippen molar-refractivity contribution < 1.29 is 4.74 Å². The predicted octanol–water partition coefficient (Wildman–Crippen LogP) is 1.13. The summed E-state index contributed by atoms with van der Waals surface area (Å²) in [5.74, 6) is 2.97. The number of nitrogens with one attached hydrogen (secondary N) is 2. The van der Waals surface area contributed by atoms with Gasteiger partial charge in [0.1, 0.15) is 11.6 Å². The molecule has 110 valence electrons. The first kappa shape index (κ1) is 12.6. The molecule has 0 bridgehead atoms. The van der Waals surface area contributed by atoms with Crippen LogP contribution in [0.5, 0.6) is 5.75 Å². The lowest BCUT2D eigenvalue weighted by Gasteiger charge is -2.26. The van der Waals surface area contributed by atoms with Crippen LogP contribution in [0.4, 0.5) is 5.95 Å². The first-order valence-corrected chi connectivity index (χ1v) is 7.51. The Labute approximate surface area is 123 Å². The Hall–Kier alpha value is -2.08. The molecule has 1 unspecified atom stereocenters. The molecule has 0 amide bonds. The van der Waals surface area contributed by atoms with Crippen molar-refractivity contribution in [2.75, 3.05) is 37.7 Å². The summed E-state index contributed by atoms with van der Waals surface area (Å²) in [7, 11) is 0. The molecule has 6 nitrogen and oxygen atoms in total. The van der Waals surface area contributed by atoms with Gasteiger partial charge in [-0.1, -0.05) is 18.2 Å². The van der Waals surface area contributed by atoms with E-state index < -0.39 is 0 Å². The van der Waals surface area contributed by atoms with E-state index in [0.29, 0.717) is 0 Å². The number of aromatic amines is 1. The molecule has 1 fully saturated rings. The number of rotatable bonds is 2. The lowest BCUT2D eigenvalue weighted by atomic mass is 9.92. The van der Waals surface area contributed by atoms with Crippen LogP contribution in [0.2, 0.25) is 0 Å². The minimum absolute atomic E-state index is 0.249. The summed E-state index contributed by atoms with van der Waals surface area (Å²) in [4.78, 5) is 6.96. The van der Waals surface area contributed by atoms with Crippen molar-refractivity contribution in [3.63, 3.8) is 0 Å². The van der Waals surface area contributed by atoms with Gasteiger partial charge in [-0.3, -0.25) is 5.10 Å². The molecule has 21 heavy (non-hydrogen) atoms. The molecule has 1 saturated heterocycles. The second-order valence-electron chi connectivity index (χ2n) is 5.49. The molecule has 2 aromatic rings. The second-order valence-corrected chi connectivity index (χ2v) is 5.49. The molecule has 2 aliphatic heterocycles. The first-order chi connectivity index (χ1) is 10.4. The zero-order valence-corrected chi connectivity index (χ0v) is 11.9. The molecule has 1 atom stereocenters. The summed E-state index contributed by atoms with van der Waals surface area (Å²) < 4.78 is 5.72. The Morgan fingerprint density at radius 2 is 2.05 bits per heavy atom. The van der Waals surface area contributed by atoms with E-state index in [1.54, 1.807) is 0 Å². The number of benzene rings is 1. The SMILES string of the molecule is c1ccc2c(c1)OCCC2c1nc(N2CCNCC2)n[nH]1. The quantitative estimate of drug-likeness (QED) is 0.866. The van der Waals surface area contributed by atoms with E-state index in [0.717, 1.165) is 56.7 Å². The number of aromatic nitrogens is 3. The van der Waals surface area contributed by atoms with Crippen molar-refractivity contribution in [2.45, 2.75) is 12.3 Å². The average Bonchev–Trinajstić information content (AvgIpc) is 3.05. The summed E-state index contributed by atoms with van der Waals surface area (Å²) in [5.41, 5.74) is 1.20. The smallest absolute Gasteiger partial charge is 0.244 e. The third-order valence-electron chi connectivity index (χ3n) is 4.18. The number of anilines is 1. The van der Waals surface area contributed by atoms with Crippen LogP contribution in [0, 0.1) is 0 Å². The van der Waals surface area contributed by atoms with Gasteiger partial charge in [0.05, 0.1) is 12.5 Å². The highest BCUT2D eigenvalue weighted by Gasteiger charge is 2.26. The number of H-pyrrole nitrogens is 1. The van der Waals surface area contributed by atoms with Crippen LogP contribution in [-0.2, 0) is 0 Å². The molecule has 2 aliphatic rings. The molecule has 0 aliphatic carbocycles. The molecule has 3 heterocycles. The lowest BCUT2D eigenvalue weighted by Crippen LogP contribution is -2.44. The fourth-order valence-corrected chi connectivity index (χ4v) is 3.05. The number of piperazine rings is 1. The van der Waals surface area contributed by atoms with Crippen LogP contribution in [0.1, 0.15) is 23.7 Å². The molecule has 0 spiro atoms. The Bertz CT molecular complexity index is 620. The van der Waals surface area contributed by atoms with Crippen molar-refractivity contribution in [3.8, 4) is 5.75 Å². The van der Waals surface area contributed by atoms with Crippen molar-refractivity contribution in [1.29, 1.82) is 0 Å². The van der Waals surface area contributed by atoms with Gasteiger partial charge < -0.3 is 15.0 Å². The third kappa shape index (κ3) is 2.35. The monoisotopic (exact) mass is 285 g/mol. The van der Waals surface area contributed by atoms with E-state index >= 15 is 0 Å². The van der Waals surface area contributed by atoms with Gasteiger partial charge in [-0.2, -0.15) is 4.98 Å². The molecule has 0 radical (unpaired) electrons. The van der Waals surface area contributed by atoms with E-state index in [2.05, 4.69) is 26.5 Å². The van der Waals surface area contributed by atoms with Gasteiger partial charge in [0, 0.05) is 31.7 Å². The van der Waals surface area contributed by atoms with Crippen LogP contribution in [-0.4, -0.2) is 48.0 Å². The standard InChI is InChI=1S/C15H19N5O/c1-2-4-13-11(3-1)12(5-10-21-13)14-17-15(19-18-14)20-8-6-16-7-9-20/h1-4,12,16H,5-10H2,(H,17,18,19). The van der Waals surface area contributed by atoms with Crippen molar-refractivity contribution in [3.05, 3.63) is 35.7 Å². The molecule has 4 rings (SSSR count). The molecule has 6 heteroatoms. The largest absolute Gasteiger partial charge is 0.493 e. The number of ether oxygens (including phenoxy) is 1. The summed E-state index contributed by atoms with van der Waals surface area (Å²) in [6.45, 7) is 4.63. The molecule has 2 N–H and O–H groups in total.